The van der Waals surface area contributed by atoms with Crippen LogP contribution < -0.4 is 10.1 Å². The summed E-state index contributed by atoms with van der Waals surface area (Å²) in [5, 5.41) is 4.03. The lowest BCUT2D eigenvalue weighted by atomic mass is 10.1. The Morgan fingerprint density at radius 3 is 2.35 bits per heavy atom. The van der Waals surface area contributed by atoms with E-state index in [1.54, 1.807) is 36.7 Å². The predicted octanol–water partition coefficient (Wildman–Crippen LogP) is 3.81. The van der Waals surface area contributed by atoms with Crippen molar-refractivity contribution in [3.05, 3.63) is 47.4 Å². The van der Waals surface area contributed by atoms with Crippen LogP contribution in [0.1, 0.15) is 26.5 Å². The lowest BCUT2D eigenvalue weighted by Crippen LogP contribution is -2.35. The number of ether oxygens (including phenoxy) is 1. The van der Waals surface area contributed by atoms with E-state index in [1.165, 1.54) is 0 Å². The zero-order valence-electron chi connectivity index (χ0n) is 11.9. The van der Waals surface area contributed by atoms with Crippen molar-refractivity contribution in [1.29, 1.82) is 0 Å². The Bertz CT molecular complexity index is 547. The van der Waals surface area contributed by atoms with Crippen molar-refractivity contribution >= 4 is 11.6 Å². The van der Waals surface area contributed by atoms with Crippen LogP contribution in [0.2, 0.25) is 5.02 Å². The lowest BCUT2D eigenvalue weighted by molar-refractivity contribution is 0.418. The number of nitrogens with zero attached hydrogens (tertiary/aromatic N) is 2. The molecule has 2 rings (SSSR count). The molecule has 1 heterocycles. The summed E-state index contributed by atoms with van der Waals surface area (Å²) in [7, 11) is 0. The summed E-state index contributed by atoms with van der Waals surface area (Å²) in [5.41, 5.74) is 0.934. The van der Waals surface area contributed by atoms with Gasteiger partial charge < -0.3 is 10.1 Å². The first-order chi connectivity index (χ1) is 9.42. The number of rotatable bonds is 4. The summed E-state index contributed by atoms with van der Waals surface area (Å²) in [4.78, 5) is 8.56. The maximum Gasteiger partial charge on any atom is 0.237 e. The zero-order chi connectivity index (χ0) is 14.6. The average molecular weight is 292 g/mol. The molecule has 4 nitrogen and oxygen atoms in total. The molecule has 106 valence electrons. The summed E-state index contributed by atoms with van der Waals surface area (Å²) in [5.74, 6) is 1.15. The van der Waals surface area contributed by atoms with E-state index in [0.29, 0.717) is 23.2 Å². The molecule has 1 aromatic heterocycles. The van der Waals surface area contributed by atoms with Gasteiger partial charge in [-0.25, -0.2) is 4.98 Å². The third-order valence-electron chi connectivity index (χ3n) is 2.52. The Balaban J connectivity index is 1.96. The summed E-state index contributed by atoms with van der Waals surface area (Å²) in [6, 6.07) is 7.12. The molecule has 0 radical (unpaired) electrons. The molecule has 1 N–H and O–H groups in total. The highest BCUT2D eigenvalue weighted by molar-refractivity contribution is 6.30. The minimum Gasteiger partial charge on any atom is -0.438 e. The summed E-state index contributed by atoms with van der Waals surface area (Å²) >= 11 is 5.82. The Morgan fingerprint density at radius 2 is 1.80 bits per heavy atom. The third-order valence-corrected chi connectivity index (χ3v) is 2.77. The van der Waals surface area contributed by atoms with Crippen molar-refractivity contribution in [2.24, 2.45) is 0 Å². The van der Waals surface area contributed by atoms with Crippen molar-refractivity contribution in [1.82, 2.24) is 15.3 Å². The van der Waals surface area contributed by atoms with Crippen LogP contribution in [0.25, 0.3) is 0 Å². The first-order valence-electron chi connectivity index (χ1n) is 6.42. The van der Waals surface area contributed by atoms with E-state index in [2.05, 4.69) is 36.1 Å². The van der Waals surface area contributed by atoms with Gasteiger partial charge in [0.05, 0.1) is 18.1 Å². The van der Waals surface area contributed by atoms with E-state index in [4.69, 9.17) is 16.3 Å². The average Bonchev–Trinajstić information content (AvgIpc) is 2.40. The van der Waals surface area contributed by atoms with E-state index in [1.807, 2.05) is 0 Å². The van der Waals surface area contributed by atoms with Gasteiger partial charge in [0.2, 0.25) is 5.88 Å². The maximum absolute atomic E-state index is 5.82. The maximum atomic E-state index is 5.82. The van der Waals surface area contributed by atoms with Gasteiger partial charge in [0.15, 0.2) is 0 Å². The second kappa shape index (κ2) is 6.20. The number of nitrogens with one attached hydrogen (secondary N) is 1. The molecule has 0 aliphatic heterocycles. The molecular formula is C15H18ClN3O. The number of benzene rings is 1. The molecule has 0 saturated heterocycles. The van der Waals surface area contributed by atoms with Crippen LogP contribution in [0.15, 0.2) is 36.7 Å². The second-order valence-electron chi connectivity index (χ2n) is 5.51. The fourth-order valence-electron chi connectivity index (χ4n) is 1.47. The van der Waals surface area contributed by atoms with E-state index >= 15 is 0 Å². The highest BCUT2D eigenvalue weighted by Gasteiger charge is 2.09. The molecule has 1 aromatic carbocycles. The molecule has 5 heteroatoms. The molecule has 2 aromatic rings. The SMILES string of the molecule is CC(C)(C)NCc1cnc(Oc2ccc(Cl)cc2)cn1. The fraction of sp³-hybridized carbons (Fsp3) is 0.333. The fourth-order valence-corrected chi connectivity index (χ4v) is 1.59. The Kier molecular flexibility index (Phi) is 4.57. The number of hydrogen-bond donors (Lipinski definition) is 1. The summed E-state index contributed by atoms with van der Waals surface area (Å²) in [6.07, 6.45) is 3.33. The van der Waals surface area contributed by atoms with Crippen LogP contribution >= 0.6 is 11.6 Å². The van der Waals surface area contributed by atoms with E-state index in [0.717, 1.165) is 5.69 Å². The van der Waals surface area contributed by atoms with Gasteiger partial charge in [-0.05, 0) is 45.0 Å². The van der Waals surface area contributed by atoms with Crippen LogP contribution in [0.5, 0.6) is 11.6 Å². The van der Waals surface area contributed by atoms with Gasteiger partial charge in [0.25, 0.3) is 0 Å². The van der Waals surface area contributed by atoms with Gasteiger partial charge in [-0.15, -0.1) is 0 Å². The third kappa shape index (κ3) is 4.79. The Morgan fingerprint density at radius 1 is 1.10 bits per heavy atom. The smallest absolute Gasteiger partial charge is 0.237 e. The molecule has 0 unspecified atom stereocenters. The minimum absolute atomic E-state index is 0.0557. The minimum atomic E-state index is 0.0557. The highest BCUT2D eigenvalue weighted by atomic mass is 35.5. The van der Waals surface area contributed by atoms with Crippen molar-refractivity contribution in [3.63, 3.8) is 0 Å². The van der Waals surface area contributed by atoms with Crippen molar-refractivity contribution in [2.45, 2.75) is 32.9 Å². The van der Waals surface area contributed by atoms with Gasteiger partial charge in [0.1, 0.15) is 5.75 Å². The predicted molar refractivity (Wildman–Crippen MR) is 80.2 cm³/mol. The molecule has 0 fully saturated rings. The van der Waals surface area contributed by atoms with Crippen molar-refractivity contribution in [3.8, 4) is 11.6 Å². The quantitative estimate of drug-likeness (QED) is 0.930. The first-order valence-corrected chi connectivity index (χ1v) is 6.79. The van der Waals surface area contributed by atoms with Crippen LogP contribution in [0, 0.1) is 0 Å². The van der Waals surface area contributed by atoms with Crippen molar-refractivity contribution < 1.29 is 4.74 Å². The standard InChI is InChI=1S/C15H18ClN3O/c1-15(2,3)19-9-12-8-18-14(10-17-12)20-13-6-4-11(16)5-7-13/h4-8,10,19H,9H2,1-3H3. The van der Waals surface area contributed by atoms with Crippen LogP contribution in [-0.2, 0) is 6.54 Å². The number of aromatic nitrogens is 2. The zero-order valence-corrected chi connectivity index (χ0v) is 12.6. The van der Waals surface area contributed by atoms with Gasteiger partial charge >= 0.3 is 0 Å². The molecule has 0 bridgehead atoms. The normalized spacial score (nSPS) is 11.4. The van der Waals surface area contributed by atoms with Gasteiger partial charge in [-0.1, -0.05) is 11.6 Å². The molecule has 20 heavy (non-hydrogen) atoms. The number of hydrogen-bond acceptors (Lipinski definition) is 4. The van der Waals surface area contributed by atoms with E-state index in [9.17, 15) is 0 Å². The Hall–Kier alpha value is -1.65. The lowest BCUT2D eigenvalue weighted by Gasteiger charge is -2.19. The van der Waals surface area contributed by atoms with Gasteiger partial charge in [0, 0.05) is 17.1 Å². The summed E-state index contributed by atoms with van der Waals surface area (Å²) < 4.78 is 5.58. The summed E-state index contributed by atoms with van der Waals surface area (Å²) in [6.45, 7) is 7.01. The molecule has 0 atom stereocenters. The van der Waals surface area contributed by atoms with Gasteiger partial charge in [-0.3, -0.25) is 4.98 Å². The van der Waals surface area contributed by atoms with Crippen LogP contribution in [-0.4, -0.2) is 15.5 Å². The molecule has 0 aliphatic carbocycles. The topological polar surface area (TPSA) is 47.0 Å². The van der Waals surface area contributed by atoms with Crippen LogP contribution in [0.3, 0.4) is 0 Å². The highest BCUT2D eigenvalue weighted by Crippen LogP contribution is 2.20. The monoisotopic (exact) mass is 291 g/mol. The first kappa shape index (κ1) is 14.8. The molecule has 0 amide bonds. The van der Waals surface area contributed by atoms with Gasteiger partial charge in [-0.2, -0.15) is 0 Å². The Labute approximate surface area is 124 Å². The molecule has 0 saturated carbocycles. The van der Waals surface area contributed by atoms with Crippen LogP contribution in [0.4, 0.5) is 0 Å². The molecular weight excluding hydrogens is 274 g/mol. The largest absolute Gasteiger partial charge is 0.438 e. The second-order valence-corrected chi connectivity index (χ2v) is 5.94. The van der Waals surface area contributed by atoms with Crippen molar-refractivity contribution in [2.75, 3.05) is 0 Å². The van der Waals surface area contributed by atoms with E-state index < -0.39 is 0 Å². The molecule has 0 aliphatic rings. The number of halogens is 1. The molecule has 0 spiro atoms. The van der Waals surface area contributed by atoms with E-state index in [-0.39, 0.29) is 5.54 Å².